The Morgan fingerprint density at radius 1 is 1.43 bits per heavy atom. The summed E-state index contributed by atoms with van der Waals surface area (Å²) in [6.07, 6.45) is 3.09. The number of aromatic nitrogens is 1. The van der Waals surface area contributed by atoms with Crippen LogP contribution >= 0.6 is 0 Å². The van der Waals surface area contributed by atoms with Gasteiger partial charge in [0.2, 0.25) is 0 Å². The molecule has 0 N–H and O–H groups in total. The lowest BCUT2D eigenvalue weighted by Gasteiger charge is -2.00. The van der Waals surface area contributed by atoms with Crippen molar-refractivity contribution in [3.8, 4) is 0 Å². The van der Waals surface area contributed by atoms with E-state index in [9.17, 15) is 4.79 Å². The van der Waals surface area contributed by atoms with Crippen LogP contribution in [0, 0.1) is 6.92 Å². The summed E-state index contributed by atoms with van der Waals surface area (Å²) < 4.78 is 1.61. The van der Waals surface area contributed by atoms with Crippen LogP contribution in [0.2, 0.25) is 0 Å². The van der Waals surface area contributed by atoms with E-state index >= 15 is 0 Å². The highest BCUT2D eigenvalue weighted by atomic mass is 16.1. The lowest BCUT2D eigenvalue weighted by molar-refractivity contribution is 0.0974. The van der Waals surface area contributed by atoms with Gasteiger partial charge in [-0.3, -0.25) is 9.36 Å². The third-order valence-electron chi connectivity index (χ3n) is 2.26. The Hall–Kier alpha value is -1.83. The van der Waals surface area contributed by atoms with Gasteiger partial charge in [-0.15, -0.1) is 0 Å². The minimum atomic E-state index is -0.0920. The van der Waals surface area contributed by atoms with Gasteiger partial charge in [0.25, 0.3) is 5.91 Å². The summed E-state index contributed by atoms with van der Waals surface area (Å²) in [5.41, 5.74) is 2.09. The van der Waals surface area contributed by atoms with Gasteiger partial charge in [-0.25, -0.2) is 0 Å². The first-order valence-electron chi connectivity index (χ1n) is 4.47. The van der Waals surface area contributed by atoms with E-state index in [0.717, 1.165) is 16.5 Å². The highest BCUT2D eigenvalue weighted by Crippen LogP contribution is 2.17. The van der Waals surface area contributed by atoms with Crippen LogP contribution in [0.3, 0.4) is 0 Å². The maximum atomic E-state index is 11.4. The van der Waals surface area contributed by atoms with Crippen LogP contribution in [-0.4, -0.2) is 10.5 Å². The number of allylic oxidation sites excluding steroid dienone is 1. The fourth-order valence-electron chi connectivity index (χ4n) is 1.53. The maximum absolute atomic E-state index is 11.4. The van der Waals surface area contributed by atoms with E-state index in [2.05, 4.69) is 6.58 Å². The van der Waals surface area contributed by atoms with E-state index in [4.69, 9.17) is 0 Å². The second-order valence-electron chi connectivity index (χ2n) is 3.29. The van der Waals surface area contributed by atoms with Gasteiger partial charge < -0.3 is 0 Å². The lowest BCUT2D eigenvalue weighted by Crippen LogP contribution is -2.04. The number of carbonyl (C=O) groups excluding carboxylic acids is 1. The Morgan fingerprint density at radius 2 is 2.21 bits per heavy atom. The molecule has 0 spiro atoms. The normalized spacial score (nSPS) is 10.4. The van der Waals surface area contributed by atoms with Gasteiger partial charge >= 0.3 is 0 Å². The second kappa shape index (κ2) is 3.14. The van der Waals surface area contributed by atoms with E-state index < -0.39 is 0 Å². The second-order valence-corrected chi connectivity index (χ2v) is 3.29. The molecule has 1 heterocycles. The first-order valence-corrected chi connectivity index (χ1v) is 4.47. The fourth-order valence-corrected chi connectivity index (χ4v) is 1.53. The number of fused-ring (bicyclic) bond motifs is 1. The van der Waals surface area contributed by atoms with Crippen molar-refractivity contribution in [1.29, 1.82) is 0 Å². The van der Waals surface area contributed by atoms with Gasteiger partial charge in [0.15, 0.2) is 0 Å². The minimum Gasteiger partial charge on any atom is -0.284 e. The smallest absolute Gasteiger partial charge is 0.254 e. The number of rotatable bonds is 1. The van der Waals surface area contributed by atoms with Crippen molar-refractivity contribution in [2.45, 2.75) is 6.92 Å². The van der Waals surface area contributed by atoms with Crippen molar-refractivity contribution in [1.82, 2.24) is 4.57 Å². The Kier molecular flexibility index (Phi) is 1.97. The number of benzene rings is 1. The van der Waals surface area contributed by atoms with Gasteiger partial charge in [-0.1, -0.05) is 18.7 Å². The third kappa shape index (κ3) is 1.25. The first-order chi connectivity index (χ1) is 6.72. The molecule has 2 heteroatoms. The monoisotopic (exact) mass is 185 g/mol. The van der Waals surface area contributed by atoms with E-state index in [1.54, 1.807) is 10.8 Å². The molecule has 0 radical (unpaired) electrons. The van der Waals surface area contributed by atoms with E-state index in [0.29, 0.717) is 0 Å². The summed E-state index contributed by atoms with van der Waals surface area (Å²) in [4.78, 5) is 11.4. The van der Waals surface area contributed by atoms with Gasteiger partial charge in [0.05, 0.1) is 5.52 Å². The third-order valence-corrected chi connectivity index (χ3v) is 2.26. The number of nitrogens with zero attached hydrogens (tertiary/aromatic N) is 1. The van der Waals surface area contributed by atoms with Gasteiger partial charge in [-0.2, -0.15) is 0 Å². The van der Waals surface area contributed by atoms with Gasteiger partial charge in [-0.05, 0) is 30.7 Å². The molecule has 0 saturated carbocycles. The Balaban J connectivity index is 2.72. The number of hydrogen-bond donors (Lipinski definition) is 0. The molecule has 1 aromatic heterocycles. The highest BCUT2D eigenvalue weighted by Gasteiger charge is 2.04. The average molecular weight is 185 g/mol. The van der Waals surface area contributed by atoms with Crippen molar-refractivity contribution >= 4 is 16.8 Å². The molecule has 0 aliphatic carbocycles. The van der Waals surface area contributed by atoms with Crippen LogP contribution in [0.15, 0.2) is 43.1 Å². The van der Waals surface area contributed by atoms with Crippen LogP contribution in [0.1, 0.15) is 10.4 Å². The Bertz CT molecular complexity index is 508. The molecule has 2 nitrogen and oxygen atoms in total. The standard InChI is InChI=1S/C12H11NO/c1-3-12(14)13-7-6-10-5-4-9(2)8-11(10)13/h3-8H,1H2,2H3. The largest absolute Gasteiger partial charge is 0.284 e. The zero-order valence-electron chi connectivity index (χ0n) is 8.03. The van der Waals surface area contributed by atoms with Crippen LogP contribution in [-0.2, 0) is 0 Å². The van der Waals surface area contributed by atoms with Crippen LogP contribution < -0.4 is 0 Å². The molecule has 0 saturated heterocycles. The van der Waals surface area contributed by atoms with Crippen LogP contribution in [0.4, 0.5) is 0 Å². The average Bonchev–Trinajstić information content (AvgIpc) is 2.59. The molecule has 1 aromatic carbocycles. The minimum absolute atomic E-state index is 0.0920. The molecule has 0 aliphatic rings. The number of carbonyl (C=O) groups is 1. The summed E-state index contributed by atoms with van der Waals surface area (Å²) in [7, 11) is 0. The lowest BCUT2D eigenvalue weighted by atomic mass is 10.2. The molecule has 0 amide bonds. The first kappa shape index (κ1) is 8.75. The van der Waals surface area contributed by atoms with Crippen LogP contribution in [0.25, 0.3) is 10.9 Å². The summed E-state index contributed by atoms with van der Waals surface area (Å²) in [6, 6.07) is 7.97. The molecule has 2 aromatic rings. The molecular weight excluding hydrogens is 174 g/mol. The summed E-state index contributed by atoms with van der Waals surface area (Å²) in [5.74, 6) is -0.0920. The molecule has 14 heavy (non-hydrogen) atoms. The molecule has 0 unspecified atom stereocenters. The molecular formula is C12H11NO. The quantitative estimate of drug-likeness (QED) is 0.626. The molecule has 70 valence electrons. The SMILES string of the molecule is C=CC(=O)n1ccc2ccc(C)cc21. The zero-order chi connectivity index (χ0) is 10.1. The summed E-state index contributed by atoms with van der Waals surface area (Å²) in [5, 5.41) is 1.07. The summed E-state index contributed by atoms with van der Waals surface area (Å²) in [6.45, 7) is 5.48. The van der Waals surface area contributed by atoms with Crippen molar-refractivity contribution < 1.29 is 4.79 Å². The predicted octanol–water partition coefficient (Wildman–Crippen LogP) is 2.78. The van der Waals surface area contributed by atoms with Crippen molar-refractivity contribution in [2.24, 2.45) is 0 Å². The predicted molar refractivity (Wildman–Crippen MR) is 57.5 cm³/mol. The van der Waals surface area contributed by atoms with Crippen LogP contribution in [0.5, 0.6) is 0 Å². The maximum Gasteiger partial charge on any atom is 0.254 e. The van der Waals surface area contributed by atoms with Crippen molar-refractivity contribution in [3.63, 3.8) is 0 Å². The molecule has 0 aliphatic heterocycles. The van der Waals surface area contributed by atoms with E-state index in [1.807, 2.05) is 31.2 Å². The molecule has 0 bridgehead atoms. The number of hydrogen-bond acceptors (Lipinski definition) is 1. The summed E-state index contributed by atoms with van der Waals surface area (Å²) >= 11 is 0. The zero-order valence-corrected chi connectivity index (χ0v) is 8.03. The fraction of sp³-hybridized carbons (Fsp3) is 0.0833. The number of aryl methyl sites for hydroxylation is 1. The molecule has 2 rings (SSSR count). The highest BCUT2D eigenvalue weighted by molar-refractivity contribution is 5.97. The van der Waals surface area contributed by atoms with Gasteiger partial charge in [0.1, 0.15) is 0 Å². The Morgan fingerprint density at radius 3 is 2.93 bits per heavy atom. The van der Waals surface area contributed by atoms with E-state index in [1.165, 1.54) is 6.08 Å². The van der Waals surface area contributed by atoms with Crippen molar-refractivity contribution in [2.75, 3.05) is 0 Å². The topological polar surface area (TPSA) is 22.0 Å². The van der Waals surface area contributed by atoms with E-state index in [-0.39, 0.29) is 5.91 Å². The Labute approximate surface area is 82.5 Å². The molecule has 0 atom stereocenters. The molecule has 0 fully saturated rings. The van der Waals surface area contributed by atoms with Gasteiger partial charge in [0, 0.05) is 11.6 Å². The van der Waals surface area contributed by atoms with Crippen molar-refractivity contribution in [3.05, 3.63) is 48.7 Å².